The zero-order chi connectivity index (χ0) is 15.4. The molecule has 3 atom stereocenters. The smallest absolute Gasteiger partial charge is 0.225 e. The van der Waals surface area contributed by atoms with Gasteiger partial charge in [-0.3, -0.25) is 0 Å². The molecule has 1 saturated carbocycles. The Bertz CT molecular complexity index is 757. The van der Waals surface area contributed by atoms with E-state index in [1.54, 1.807) is 0 Å². The van der Waals surface area contributed by atoms with Crippen LogP contribution in [0.25, 0.3) is 10.9 Å². The molecular weight excluding hydrogens is 333 g/mol. The molecule has 2 fully saturated rings. The van der Waals surface area contributed by atoms with Crippen LogP contribution in [0.4, 0.5) is 14.6 Å². The SMILES string of the molecule is Fc1c(Cl)ncc2c(N3CCCC[C@@H]4[C@H](F)[C@@H]43)nc(Cl)nc12. The number of fused-ring (bicyclic) bond motifs is 2. The first-order valence-corrected chi connectivity index (χ1v) is 7.91. The third kappa shape index (κ3) is 2.12. The Morgan fingerprint density at radius 3 is 2.86 bits per heavy atom. The molecule has 0 unspecified atom stereocenters. The normalized spacial score (nSPS) is 27.6. The summed E-state index contributed by atoms with van der Waals surface area (Å²) in [7, 11) is 0. The quantitative estimate of drug-likeness (QED) is 0.582. The van der Waals surface area contributed by atoms with Crippen molar-refractivity contribution in [2.24, 2.45) is 5.92 Å². The fraction of sp³-hybridized carbons (Fsp3) is 0.500. The van der Waals surface area contributed by atoms with Gasteiger partial charge >= 0.3 is 0 Å². The molecule has 0 N–H and O–H groups in total. The Balaban J connectivity index is 1.89. The summed E-state index contributed by atoms with van der Waals surface area (Å²) in [6, 6.07) is -0.213. The monoisotopic (exact) mass is 344 g/mol. The molecule has 1 aliphatic carbocycles. The molecule has 0 aromatic carbocycles. The van der Waals surface area contributed by atoms with Gasteiger partial charge in [-0.25, -0.2) is 18.7 Å². The van der Waals surface area contributed by atoms with Crippen molar-refractivity contribution in [2.75, 3.05) is 11.4 Å². The topological polar surface area (TPSA) is 41.9 Å². The zero-order valence-corrected chi connectivity index (χ0v) is 13.0. The minimum absolute atomic E-state index is 0.0202. The second kappa shape index (κ2) is 5.13. The molecule has 2 aliphatic rings. The minimum Gasteiger partial charge on any atom is -0.350 e. The van der Waals surface area contributed by atoms with Crippen molar-refractivity contribution < 1.29 is 8.78 Å². The van der Waals surface area contributed by atoms with Crippen LogP contribution in [0.1, 0.15) is 19.3 Å². The van der Waals surface area contributed by atoms with Crippen LogP contribution >= 0.6 is 23.2 Å². The van der Waals surface area contributed by atoms with Gasteiger partial charge in [0.2, 0.25) is 5.28 Å². The van der Waals surface area contributed by atoms with Gasteiger partial charge in [0.25, 0.3) is 0 Å². The first-order valence-electron chi connectivity index (χ1n) is 7.16. The number of halogens is 4. The number of nitrogens with zero attached hydrogens (tertiary/aromatic N) is 4. The van der Waals surface area contributed by atoms with Crippen LogP contribution < -0.4 is 4.90 Å². The van der Waals surface area contributed by atoms with E-state index in [1.165, 1.54) is 6.20 Å². The lowest BCUT2D eigenvalue weighted by molar-refractivity contribution is 0.420. The summed E-state index contributed by atoms with van der Waals surface area (Å²) in [5.41, 5.74) is 0.0202. The van der Waals surface area contributed by atoms with E-state index in [9.17, 15) is 8.78 Å². The van der Waals surface area contributed by atoms with Crippen LogP contribution in [0.5, 0.6) is 0 Å². The van der Waals surface area contributed by atoms with E-state index in [4.69, 9.17) is 23.2 Å². The molecule has 1 aliphatic heterocycles. The predicted octanol–water partition coefficient (Wildman–Crippen LogP) is 3.80. The summed E-state index contributed by atoms with van der Waals surface area (Å²) in [6.07, 6.45) is 3.34. The maximum absolute atomic E-state index is 14.2. The number of anilines is 1. The largest absolute Gasteiger partial charge is 0.350 e. The van der Waals surface area contributed by atoms with Crippen molar-refractivity contribution in [3.63, 3.8) is 0 Å². The molecule has 4 nitrogen and oxygen atoms in total. The zero-order valence-electron chi connectivity index (χ0n) is 11.4. The van der Waals surface area contributed by atoms with E-state index in [0.717, 1.165) is 19.3 Å². The Labute approximate surface area is 135 Å². The number of alkyl halides is 1. The van der Waals surface area contributed by atoms with Gasteiger partial charge in [0, 0.05) is 18.7 Å². The van der Waals surface area contributed by atoms with Gasteiger partial charge in [-0.05, 0) is 24.4 Å². The average Bonchev–Trinajstić information content (AvgIpc) is 3.18. The van der Waals surface area contributed by atoms with Gasteiger partial charge in [0.05, 0.1) is 11.4 Å². The van der Waals surface area contributed by atoms with Crippen molar-refractivity contribution in [3.05, 3.63) is 22.5 Å². The molecule has 2 aromatic heterocycles. The van der Waals surface area contributed by atoms with Crippen LogP contribution in [0.15, 0.2) is 6.20 Å². The average molecular weight is 345 g/mol. The highest BCUT2D eigenvalue weighted by Crippen LogP contribution is 2.47. The molecule has 22 heavy (non-hydrogen) atoms. The number of hydrogen-bond acceptors (Lipinski definition) is 4. The lowest BCUT2D eigenvalue weighted by Crippen LogP contribution is -2.29. The van der Waals surface area contributed by atoms with Gasteiger partial charge in [0.15, 0.2) is 11.0 Å². The molecular formula is C14H12Cl2F2N4. The molecule has 0 spiro atoms. The summed E-state index contributed by atoms with van der Waals surface area (Å²) in [5, 5.41) is 0.0586. The Hall–Kier alpha value is -1.27. The third-order valence-electron chi connectivity index (χ3n) is 4.45. The van der Waals surface area contributed by atoms with Crippen molar-refractivity contribution in [3.8, 4) is 0 Å². The van der Waals surface area contributed by atoms with E-state index >= 15 is 0 Å². The third-order valence-corrected chi connectivity index (χ3v) is 4.88. The second-order valence-electron chi connectivity index (χ2n) is 5.73. The van der Waals surface area contributed by atoms with Gasteiger partial charge < -0.3 is 4.90 Å². The molecule has 1 saturated heterocycles. The van der Waals surface area contributed by atoms with E-state index in [0.29, 0.717) is 17.7 Å². The molecule has 3 heterocycles. The van der Waals surface area contributed by atoms with Crippen molar-refractivity contribution >= 4 is 39.9 Å². The van der Waals surface area contributed by atoms with Gasteiger partial charge in [-0.2, -0.15) is 4.98 Å². The summed E-state index contributed by atoms with van der Waals surface area (Å²) < 4.78 is 28.2. The number of aromatic nitrogens is 3. The van der Waals surface area contributed by atoms with Gasteiger partial charge in [-0.1, -0.05) is 18.0 Å². The second-order valence-corrected chi connectivity index (χ2v) is 6.43. The Morgan fingerprint density at radius 1 is 1.23 bits per heavy atom. The van der Waals surface area contributed by atoms with Crippen molar-refractivity contribution in [1.29, 1.82) is 0 Å². The molecule has 8 heteroatoms. The lowest BCUT2D eigenvalue weighted by Gasteiger charge is -2.24. The highest BCUT2D eigenvalue weighted by molar-refractivity contribution is 6.30. The van der Waals surface area contributed by atoms with Gasteiger partial charge in [0.1, 0.15) is 17.5 Å². The summed E-state index contributed by atoms with van der Waals surface area (Å²) in [5.74, 6) is -0.268. The number of rotatable bonds is 1. The fourth-order valence-electron chi connectivity index (χ4n) is 3.32. The maximum atomic E-state index is 14.2. The Kier molecular flexibility index (Phi) is 3.34. The van der Waals surface area contributed by atoms with E-state index in [-0.39, 0.29) is 27.9 Å². The van der Waals surface area contributed by atoms with Crippen LogP contribution in [-0.4, -0.2) is 33.7 Å². The van der Waals surface area contributed by atoms with Crippen molar-refractivity contribution in [1.82, 2.24) is 15.0 Å². The maximum Gasteiger partial charge on any atom is 0.225 e. The number of hydrogen-bond donors (Lipinski definition) is 0. The predicted molar refractivity (Wildman–Crippen MR) is 80.7 cm³/mol. The fourth-order valence-corrected chi connectivity index (χ4v) is 3.62. The minimum atomic E-state index is -0.866. The standard InChI is InChI=1S/C14H12Cl2F2N4/c15-12-9(18)10-7(5-19-12)13(21-14(16)20-10)22-4-2-1-3-6-8(17)11(6)22/h5-6,8,11H,1-4H2/t6-,8+,11-/m1/s1. The highest BCUT2D eigenvalue weighted by atomic mass is 35.5. The lowest BCUT2D eigenvalue weighted by atomic mass is 10.2. The molecule has 2 aromatic rings. The summed E-state index contributed by atoms with van der Waals surface area (Å²) in [4.78, 5) is 13.8. The number of pyridine rings is 1. The van der Waals surface area contributed by atoms with Gasteiger partial charge in [-0.15, -0.1) is 0 Å². The summed E-state index contributed by atoms with van der Waals surface area (Å²) >= 11 is 11.6. The first-order chi connectivity index (χ1) is 10.6. The van der Waals surface area contributed by atoms with Crippen LogP contribution in [-0.2, 0) is 0 Å². The van der Waals surface area contributed by atoms with E-state index < -0.39 is 12.0 Å². The van der Waals surface area contributed by atoms with Crippen LogP contribution in [0.2, 0.25) is 10.4 Å². The Morgan fingerprint density at radius 2 is 2.05 bits per heavy atom. The van der Waals surface area contributed by atoms with Crippen LogP contribution in [0, 0.1) is 11.7 Å². The molecule has 0 bridgehead atoms. The van der Waals surface area contributed by atoms with E-state index in [1.807, 2.05) is 4.90 Å². The highest BCUT2D eigenvalue weighted by Gasteiger charge is 2.55. The molecule has 116 valence electrons. The van der Waals surface area contributed by atoms with Crippen LogP contribution in [0.3, 0.4) is 0 Å². The molecule has 4 rings (SSSR count). The molecule has 0 radical (unpaired) electrons. The van der Waals surface area contributed by atoms with Crippen molar-refractivity contribution in [2.45, 2.75) is 31.5 Å². The first kappa shape index (κ1) is 14.3. The van der Waals surface area contributed by atoms with E-state index in [2.05, 4.69) is 15.0 Å². The summed E-state index contributed by atoms with van der Waals surface area (Å²) in [6.45, 7) is 0.661. The molecule has 0 amide bonds.